The van der Waals surface area contributed by atoms with E-state index in [1.807, 2.05) is 19.1 Å². The summed E-state index contributed by atoms with van der Waals surface area (Å²) in [7, 11) is 1.61. The van der Waals surface area contributed by atoms with Gasteiger partial charge in [-0.05, 0) is 44.7 Å². The minimum atomic E-state index is -0.156. The van der Waals surface area contributed by atoms with Crippen molar-refractivity contribution in [3.63, 3.8) is 0 Å². The molecule has 1 aromatic carbocycles. The number of aromatic nitrogens is 3. The Morgan fingerprint density at radius 2 is 2.12 bits per heavy atom. The highest BCUT2D eigenvalue weighted by Crippen LogP contribution is 2.33. The molecular formula is C23H25N5O3S. The summed E-state index contributed by atoms with van der Waals surface area (Å²) in [5.41, 5.74) is 3.17. The quantitative estimate of drug-likeness (QED) is 0.505. The molecule has 2 aromatic heterocycles. The van der Waals surface area contributed by atoms with Crippen LogP contribution in [0.2, 0.25) is 0 Å². The predicted octanol–water partition coefficient (Wildman–Crippen LogP) is 4.59. The van der Waals surface area contributed by atoms with Crippen LogP contribution in [0.3, 0.4) is 0 Å². The molecule has 1 saturated carbocycles. The van der Waals surface area contributed by atoms with Gasteiger partial charge in [-0.2, -0.15) is 5.26 Å². The van der Waals surface area contributed by atoms with E-state index in [1.54, 1.807) is 19.4 Å². The van der Waals surface area contributed by atoms with E-state index in [1.165, 1.54) is 31.0 Å². The van der Waals surface area contributed by atoms with Crippen molar-refractivity contribution in [1.82, 2.24) is 15.0 Å². The minimum absolute atomic E-state index is 0.156. The number of methoxy groups -OCH3 is 1. The molecule has 32 heavy (non-hydrogen) atoms. The third-order valence-corrected chi connectivity index (χ3v) is 6.36. The minimum Gasteiger partial charge on any atom is -0.493 e. The average molecular weight is 452 g/mol. The van der Waals surface area contributed by atoms with Gasteiger partial charge in [0.1, 0.15) is 11.8 Å². The van der Waals surface area contributed by atoms with Crippen molar-refractivity contribution in [1.29, 1.82) is 5.26 Å². The monoisotopic (exact) mass is 451 g/mol. The number of pyridine rings is 1. The van der Waals surface area contributed by atoms with Gasteiger partial charge in [0.2, 0.25) is 5.91 Å². The molecule has 2 N–H and O–H groups in total. The molecule has 0 aliphatic heterocycles. The summed E-state index contributed by atoms with van der Waals surface area (Å²) in [6.45, 7) is 1.81. The number of thioether (sulfide) groups is 1. The van der Waals surface area contributed by atoms with Gasteiger partial charge in [0.25, 0.3) is 0 Å². The van der Waals surface area contributed by atoms with Gasteiger partial charge < -0.3 is 19.8 Å². The van der Waals surface area contributed by atoms with E-state index in [0.29, 0.717) is 33.6 Å². The van der Waals surface area contributed by atoms with Gasteiger partial charge >= 0.3 is 0 Å². The molecule has 166 valence electrons. The Labute approximate surface area is 190 Å². The Morgan fingerprint density at radius 1 is 1.31 bits per heavy atom. The highest BCUT2D eigenvalue weighted by Gasteiger charge is 2.18. The molecule has 3 aromatic rings. The van der Waals surface area contributed by atoms with Crippen molar-refractivity contribution in [3.8, 4) is 17.6 Å². The molecule has 9 heteroatoms. The number of hydrogen-bond acceptors (Lipinski definition) is 7. The zero-order valence-electron chi connectivity index (χ0n) is 18.1. The first-order valence-corrected chi connectivity index (χ1v) is 11.6. The maximum atomic E-state index is 12.5. The second-order valence-electron chi connectivity index (χ2n) is 7.73. The number of ether oxygens (including phenoxy) is 2. The number of imidazole rings is 1. The van der Waals surface area contributed by atoms with Crippen molar-refractivity contribution in [2.24, 2.45) is 0 Å². The standard InChI is InChI=1S/C23H25N5O3S/c1-14-17(11-24)25-12-18-22(14)28-23(27-18)32-13-21(29)26-15-8-9-19(30-2)20(10-15)31-16-6-4-3-5-7-16/h8-10,12,16H,3-7,13H2,1-2H3,(H,26,29)(H,27,28). The lowest BCUT2D eigenvalue weighted by atomic mass is 9.98. The van der Waals surface area contributed by atoms with Crippen LogP contribution in [0.4, 0.5) is 5.69 Å². The molecular weight excluding hydrogens is 426 g/mol. The number of nitrogens with one attached hydrogen (secondary N) is 2. The number of hydrogen-bond donors (Lipinski definition) is 2. The lowest BCUT2D eigenvalue weighted by Gasteiger charge is -2.24. The first-order valence-electron chi connectivity index (χ1n) is 10.6. The SMILES string of the molecule is COc1ccc(NC(=O)CSc2nc3c(C)c(C#N)ncc3[nH]2)cc1OC1CCCCC1. The van der Waals surface area contributed by atoms with E-state index in [4.69, 9.17) is 14.7 Å². The fourth-order valence-corrected chi connectivity index (χ4v) is 4.48. The van der Waals surface area contributed by atoms with E-state index in [-0.39, 0.29) is 17.8 Å². The molecule has 1 aliphatic carbocycles. The van der Waals surface area contributed by atoms with Crippen molar-refractivity contribution in [2.75, 3.05) is 18.2 Å². The molecule has 2 heterocycles. The smallest absolute Gasteiger partial charge is 0.234 e. The van der Waals surface area contributed by atoms with Gasteiger partial charge in [-0.25, -0.2) is 9.97 Å². The fraction of sp³-hybridized carbons (Fsp3) is 0.391. The number of nitriles is 1. The maximum Gasteiger partial charge on any atom is 0.234 e. The lowest BCUT2D eigenvalue weighted by molar-refractivity contribution is -0.113. The summed E-state index contributed by atoms with van der Waals surface area (Å²) in [5, 5.41) is 12.6. The highest BCUT2D eigenvalue weighted by atomic mass is 32.2. The van der Waals surface area contributed by atoms with Gasteiger partial charge in [0.05, 0.1) is 36.2 Å². The van der Waals surface area contributed by atoms with Crippen LogP contribution in [0, 0.1) is 18.3 Å². The molecule has 0 spiro atoms. The van der Waals surface area contributed by atoms with Gasteiger partial charge in [-0.3, -0.25) is 4.79 Å². The van der Waals surface area contributed by atoms with Gasteiger partial charge in [0.15, 0.2) is 16.7 Å². The van der Waals surface area contributed by atoms with Crippen molar-refractivity contribution in [2.45, 2.75) is 50.3 Å². The van der Waals surface area contributed by atoms with Crippen molar-refractivity contribution in [3.05, 3.63) is 35.7 Å². The molecule has 1 fully saturated rings. The number of aryl methyl sites for hydroxylation is 1. The number of rotatable bonds is 7. The molecule has 0 saturated heterocycles. The van der Waals surface area contributed by atoms with E-state index < -0.39 is 0 Å². The molecule has 0 radical (unpaired) electrons. The number of anilines is 1. The van der Waals surface area contributed by atoms with Gasteiger partial charge in [-0.15, -0.1) is 0 Å². The van der Waals surface area contributed by atoms with Crippen LogP contribution in [0.1, 0.15) is 43.4 Å². The molecule has 0 unspecified atom stereocenters. The van der Waals surface area contributed by atoms with Gasteiger partial charge in [-0.1, -0.05) is 18.2 Å². The summed E-state index contributed by atoms with van der Waals surface area (Å²) in [5.74, 6) is 1.34. The largest absolute Gasteiger partial charge is 0.493 e. The van der Waals surface area contributed by atoms with Gasteiger partial charge in [0, 0.05) is 17.3 Å². The first-order chi connectivity index (χ1) is 15.6. The summed E-state index contributed by atoms with van der Waals surface area (Å²) >= 11 is 1.29. The molecule has 8 nitrogen and oxygen atoms in total. The summed E-state index contributed by atoms with van der Waals surface area (Å²) < 4.78 is 11.6. The maximum absolute atomic E-state index is 12.5. The molecule has 1 aliphatic rings. The topological polar surface area (TPSA) is 113 Å². The molecule has 0 atom stereocenters. The Bertz CT molecular complexity index is 1160. The first kappa shape index (κ1) is 22.0. The second kappa shape index (κ2) is 9.92. The normalized spacial score (nSPS) is 14.2. The summed E-state index contributed by atoms with van der Waals surface area (Å²) in [6, 6.07) is 7.48. The number of H-pyrrole nitrogens is 1. The molecule has 4 rings (SSSR count). The number of carbonyl (C=O) groups excluding carboxylic acids is 1. The number of amides is 1. The van der Waals surface area contributed by atoms with Crippen molar-refractivity contribution >= 4 is 34.4 Å². The zero-order valence-corrected chi connectivity index (χ0v) is 18.9. The zero-order chi connectivity index (χ0) is 22.5. The summed E-state index contributed by atoms with van der Waals surface area (Å²) in [4.78, 5) is 24.3. The number of nitrogens with zero attached hydrogens (tertiary/aromatic N) is 3. The predicted molar refractivity (Wildman–Crippen MR) is 123 cm³/mol. The van der Waals surface area contributed by atoms with Crippen LogP contribution in [0.5, 0.6) is 11.5 Å². The third kappa shape index (κ3) is 4.97. The molecule has 1 amide bonds. The van der Waals surface area contributed by atoms with E-state index in [9.17, 15) is 4.79 Å². The Morgan fingerprint density at radius 3 is 2.88 bits per heavy atom. The van der Waals surface area contributed by atoms with E-state index in [0.717, 1.165) is 23.9 Å². The average Bonchev–Trinajstić information content (AvgIpc) is 3.23. The van der Waals surface area contributed by atoms with E-state index in [2.05, 4.69) is 26.3 Å². The van der Waals surface area contributed by atoms with Crippen LogP contribution in [-0.4, -0.2) is 39.8 Å². The Kier molecular flexibility index (Phi) is 6.81. The van der Waals surface area contributed by atoms with Crippen molar-refractivity contribution < 1.29 is 14.3 Å². The number of fused-ring (bicyclic) bond motifs is 1. The van der Waals surface area contributed by atoms with Crippen LogP contribution in [0.25, 0.3) is 11.0 Å². The van der Waals surface area contributed by atoms with Crippen LogP contribution in [-0.2, 0) is 4.79 Å². The number of aromatic amines is 1. The molecule has 0 bridgehead atoms. The van der Waals surface area contributed by atoms with E-state index >= 15 is 0 Å². The second-order valence-corrected chi connectivity index (χ2v) is 8.69. The van der Waals surface area contributed by atoms with Crippen LogP contribution >= 0.6 is 11.8 Å². The Hall–Kier alpha value is -3.25. The highest BCUT2D eigenvalue weighted by molar-refractivity contribution is 7.99. The third-order valence-electron chi connectivity index (χ3n) is 5.48. The fourth-order valence-electron chi connectivity index (χ4n) is 3.80. The van der Waals surface area contributed by atoms with Crippen LogP contribution < -0.4 is 14.8 Å². The summed E-state index contributed by atoms with van der Waals surface area (Å²) in [6.07, 6.45) is 7.46. The lowest BCUT2D eigenvalue weighted by Crippen LogP contribution is -2.20. The Balaban J connectivity index is 1.39. The number of benzene rings is 1. The van der Waals surface area contributed by atoms with Crippen LogP contribution in [0.15, 0.2) is 29.6 Å². The number of carbonyl (C=O) groups is 1.